The van der Waals surface area contributed by atoms with Crippen LogP contribution in [0.2, 0.25) is 0 Å². The lowest BCUT2D eigenvalue weighted by Gasteiger charge is -2.26. The summed E-state index contributed by atoms with van der Waals surface area (Å²) in [6.07, 6.45) is 0. The lowest BCUT2D eigenvalue weighted by Crippen LogP contribution is -2.59. The van der Waals surface area contributed by atoms with Crippen LogP contribution in [0, 0.1) is 0 Å². The number of imide groups is 1. The molecule has 0 aromatic heterocycles. The number of nitrogens with one attached hydrogen (secondary N) is 1. The van der Waals surface area contributed by atoms with E-state index in [-0.39, 0.29) is 6.54 Å². The van der Waals surface area contributed by atoms with Gasteiger partial charge in [0, 0.05) is 16.0 Å². The predicted octanol–water partition coefficient (Wildman–Crippen LogP) is -1.41. The molecule has 0 saturated carbocycles. The number of carbonyl (C=O) groups is 2. The van der Waals surface area contributed by atoms with Crippen LogP contribution >= 0.6 is 9.47 Å². The Balaban J connectivity index is 2.71. The minimum Gasteiger partial charge on any atom is -0.334 e. The van der Waals surface area contributed by atoms with Crippen molar-refractivity contribution in [2.75, 3.05) is 6.54 Å². The van der Waals surface area contributed by atoms with E-state index in [9.17, 15) is 9.59 Å². The fourth-order valence-corrected chi connectivity index (χ4v) is 0.907. The van der Waals surface area contributed by atoms with Crippen LogP contribution < -0.4 is 11.1 Å². The molecule has 0 aliphatic carbocycles. The van der Waals surface area contributed by atoms with Gasteiger partial charge in [0.25, 0.3) is 5.91 Å². The molecule has 0 aromatic rings. The minimum atomic E-state index is -0.715. The second kappa shape index (κ2) is 3.13. The van der Waals surface area contributed by atoms with Crippen LogP contribution in [0.5, 0.6) is 0 Å². The van der Waals surface area contributed by atoms with Crippen molar-refractivity contribution in [2.45, 2.75) is 6.04 Å². The molecule has 2 atom stereocenters. The Morgan fingerprint density at radius 1 is 1.73 bits per heavy atom. The zero-order valence-corrected chi connectivity index (χ0v) is 6.77. The molecule has 0 spiro atoms. The number of urea groups is 1. The molecule has 0 radical (unpaired) electrons. The molecule has 1 aliphatic rings. The molecule has 1 fully saturated rings. The molecule has 1 heterocycles. The number of hydroxylamine groups is 2. The maximum absolute atomic E-state index is 11.0. The van der Waals surface area contributed by atoms with E-state index in [2.05, 4.69) is 9.94 Å². The number of carbonyl (C=O) groups excluding carboxylic acids is 2. The van der Waals surface area contributed by atoms with E-state index >= 15 is 0 Å². The Morgan fingerprint density at radius 2 is 2.36 bits per heavy atom. The number of nitrogens with zero attached hydrogens (tertiary/aromatic N) is 1. The lowest BCUT2D eigenvalue weighted by molar-refractivity contribution is -0.148. The van der Waals surface area contributed by atoms with E-state index < -0.39 is 18.0 Å². The fourth-order valence-electron chi connectivity index (χ4n) is 0.707. The molecule has 7 heteroatoms. The Labute approximate surface area is 65.3 Å². The van der Waals surface area contributed by atoms with Crippen LogP contribution in [0.4, 0.5) is 4.79 Å². The van der Waals surface area contributed by atoms with E-state index in [0.29, 0.717) is 5.06 Å². The SMILES string of the molecule is NC1CNC(=O)N(OP)C1=O. The van der Waals surface area contributed by atoms with Gasteiger partial charge in [-0.1, -0.05) is 0 Å². The highest BCUT2D eigenvalue weighted by atomic mass is 31.0. The van der Waals surface area contributed by atoms with Gasteiger partial charge in [-0.15, -0.1) is 5.06 Å². The van der Waals surface area contributed by atoms with Crippen LogP contribution in [-0.2, 0) is 9.42 Å². The quantitative estimate of drug-likeness (QED) is 0.482. The van der Waals surface area contributed by atoms with E-state index in [1.54, 1.807) is 9.47 Å². The van der Waals surface area contributed by atoms with Gasteiger partial charge >= 0.3 is 6.03 Å². The van der Waals surface area contributed by atoms with Crippen molar-refractivity contribution in [2.24, 2.45) is 5.73 Å². The summed E-state index contributed by atoms with van der Waals surface area (Å²) in [5, 5.41) is 2.93. The summed E-state index contributed by atoms with van der Waals surface area (Å²) in [5.41, 5.74) is 5.31. The number of hydrogen-bond donors (Lipinski definition) is 2. The van der Waals surface area contributed by atoms with Gasteiger partial charge in [0.1, 0.15) is 6.04 Å². The molecular weight excluding hydrogens is 169 g/mol. The van der Waals surface area contributed by atoms with Gasteiger partial charge in [-0.05, 0) is 0 Å². The largest absolute Gasteiger partial charge is 0.349 e. The maximum Gasteiger partial charge on any atom is 0.349 e. The highest BCUT2D eigenvalue weighted by molar-refractivity contribution is 7.09. The summed E-state index contributed by atoms with van der Waals surface area (Å²) < 4.78 is 4.39. The van der Waals surface area contributed by atoms with Gasteiger partial charge in [-0.25, -0.2) is 9.42 Å². The molecule has 0 aromatic carbocycles. The minimum absolute atomic E-state index is 0.155. The molecule has 3 amide bonds. The summed E-state index contributed by atoms with van der Waals surface area (Å²) >= 11 is 0. The average molecular weight is 177 g/mol. The van der Waals surface area contributed by atoms with E-state index in [0.717, 1.165) is 0 Å². The van der Waals surface area contributed by atoms with Crippen molar-refractivity contribution < 1.29 is 14.2 Å². The molecule has 1 saturated heterocycles. The summed E-state index contributed by atoms with van der Waals surface area (Å²) in [7, 11) is 1.80. The summed E-state index contributed by atoms with van der Waals surface area (Å²) in [4.78, 5) is 21.7. The standard InChI is InChI=1S/C4H8N3O3P/c5-2-1-6-4(9)7(10-11)3(2)8/h2H,1,5,11H2,(H,6,9). The van der Waals surface area contributed by atoms with Gasteiger partial charge in [0.15, 0.2) is 0 Å². The molecule has 6 nitrogen and oxygen atoms in total. The first-order valence-electron chi connectivity index (χ1n) is 2.91. The molecule has 11 heavy (non-hydrogen) atoms. The second-order valence-corrected chi connectivity index (χ2v) is 2.24. The molecule has 62 valence electrons. The van der Waals surface area contributed by atoms with E-state index in [1.165, 1.54) is 0 Å². The monoisotopic (exact) mass is 177 g/mol. The molecule has 1 rings (SSSR count). The van der Waals surface area contributed by atoms with Gasteiger partial charge in [0.2, 0.25) is 0 Å². The summed E-state index contributed by atoms with van der Waals surface area (Å²) in [6, 6.07) is -1.31. The highest BCUT2D eigenvalue weighted by Gasteiger charge is 2.32. The number of hydrogen-bond acceptors (Lipinski definition) is 4. The van der Waals surface area contributed by atoms with Crippen LogP contribution in [0.1, 0.15) is 0 Å². The summed E-state index contributed by atoms with van der Waals surface area (Å²) in [6.45, 7) is 0.155. The summed E-state index contributed by atoms with van der Waals surface area (Å²) in [5.74, 6) is -0.538. The predicted molar refractivity (Wildman–Crippen MR) is 39.0 cm³/mol. The van der Waals surface area contributed by atoms with Crippen molar-refractivity contribution in [3.63, 3.8) is 0 Å². The normalized spacial score (nSPS) is 25.3. The highest BCUT2D eigenvalue weighted by Crippen LogP contribution is 2.04. The smallest absolute Gasteiger partial charge is 0.334 e. The lowest BCUT2D eigenvalue weighted by atomic mass is 10.2. The van der Waals surface area contributed by atoms with Crippen molar-refractivity contribution in [3.05, 3.63) is 0 Å². The Morgan fingerprint density at radius 3 is 2.82 bits per heavy atom. The maximum atomic E-state index is 11.0. The zero-order chi connectivity index (χ0) is 8.43. The van der Waals surface area contributed by atoms with Gasteiger partial charge in [-0.3, -0.25) is 4.79 Å². The molecule has 2 unspecified atom stereocenters. The second-order valence-electron chi connectivity index (χ2n) is 2.03. The van der Waals surface area contributed by atoms with Crippen molar-refractivity contribution in [1.29, 1.82) is 0 Å². The third-order valence-corrected chi connectivity index (χ3v) is 1.49. The van der Waals surface area contributed by atoms with Crippen molar-refractivity contribution >= 4 is 21.4 Å². The molecule has 3 N–H and O–H groups in total. The number of amides is 3. The van der Waals surface area contributed by atoms with Gasteiger partial charge in [-0.2, -0.15) is 0 Å². The fraction of sp³-hybridized carbons (Fsp3) is 0.500. The number of nitrogens with two attached hydrogens (primary N) is 1. The van der Waals surface area contributed by atoms with Crippen LogP contribution in [-0.4, -0.2) is 29.6 Å². The average Bonchev–Trinajstić information content (AvgIpc) is 1.99. The Bertz CT molecular complexity index is 197. The van der Waals surface area contributed by atoms with Crippen LogP contribution in [0.3, 0.4) is 0 Å². The van der Waals surface area contributed by atoms with Crippen molar-refractivity contribution in [3.8, 4) is 0 Å². The molecule has 1 aliphatic heterocycles. The van der Waals surface area contributed by atoms with E-state index in [1.807, 2.05) is 0 Å². The number of rotatable bonds is 1. The topological polar surface area (TPSA) is 84.7 Å². The van der Waals surface area contributed by atoms with Crippen LogP contribution in [0.25, 0.3) is 0 Å². The first-order chi connectivity index (χ1) is 5.16. The molecule has 0 bridgehead atoms. The third-order valence-electron chi connectivity index (χ3n) is 1.28. The van der Waals surface area contributed by atoms with Crippen molar-refractivity contribution in [1.82, 2.24) is 10.4 Å². The van der Waals surface area contributed by atoms with E-state index in [4.69, 9.17) is 5.73 Å². The Hall–Kier alpha value is -0.710. The van der Waals surface area contributed by atoms with Gasteiger partial charge < -0.3 is 11.1 Å². The molecular formula is C4H8N3O3P. The Kier molecular flexibility index (Phi) is 2.38. The first-order valence-corrected chi connectivity index (χ1v) is 3.38. The van der Waals surface area contributed by atoms with Gasteiger partial charge in [0.05, 0.1) is 0 Å². The zero-order valence-electron chi connectivity index (χ0n) is 5.61. The first kappa shape index (κ1) is 8.39. The van der Waals surface area contributed by atoms with Crippen LogP contribution in [0.15, 0.2) is 0 Å². The third kappa shape index (κ3) is 1.48.